The van der Waals surface area contributed by atoms with Crippen LogP contribution in [0.4, 0.5) is 0 Å². The summed E-state index contributed by atoms with van der Waals surface area (Å²) in [6.45, 7) is 0. The van der Waals surface area contributed by atoms with Crippen LogP contribution in [0.3, 0.4) is 0 Å². The highest BCUT2D eigenvalue weighted by molar-refractivity contribution is 7.09. The van der Waals surface area contributed by atoms with Crippen LogP contribution in [0.2, 0.25) is 0 Å². The van der Waals surface area contributed by atoms with E-state index in [0.717, 1.165) is 11.6 Å². The van der Waals surface area contributed by atoms with Crippen LogP contribution < -0.4 is 0 Å². The van der Waals surface area contributed by atoms with Gasteiger partial charge in [-0.05, 0) is 18.8 Å². The smallest absolute Gasteiger partial charge is 0.0798 e. The summed E-state index contributed by atoms with van der Waals surface area (Å²) in [5, 5.41) is 0. The van der Waals surface area contributed by atoms with Crippen LogP contribution in [0, 0.1) is 0 Å². The topological polar surface area (TPSA) is 12.9 Å². The van der Waals surface area contributed by atoms with Gasteiger partial charge in [0.1, 0.15) is 0 Å². The van der Waals surface area contributed by atoms with Gasteiger partial charge in [0.25, 0.3) is 0 Å². The molecule has 0 radical (unpaired) electrons. The molecule has 0 saturated heterocycles. The fraction of sp³-hybridized carbons (Fsp3) is 0.571. The Hall–Kier alpha value is -0.0800. The van der Waals surface area contributed by atoms with E-state index in [-0.39, 0.29) is 0 Å². The number of nitrogens with zero attached hydrogens (tertiary/aromatic N) is 1. The molecule has 1 aliphatic carbocycles. The fourth-order valence-corrected chi connectivity index (χ4v) is 2.33. The molecule has 0 amide bonds. The quantitative estimate of drug-likeness (QED) is 0.627. The summed E-state index contributed by atoms with van der Waals surface area (Å²) < 4.78 is 0. The Labute approximate surface area is 69.0 Å². The second kappa shape index (κ2) is 2.51. The Kier molecular flexibility index (Phi) is 1.66. The highest BCUT2D eigenvalue weighted by atomic mass is 35.5. The first-order valence-electron chi connectivity index (χ1n) is 3.40. The third-order valence-corrected chi connectivity index (χ3v) is 3.03. The summed E-state index contributed by atoms with van der Waals surface area (Å²) in [7, 11) is 0. The number of aromatic nitrogens is 1. The van der Waals surface area contributed by atoms with Crippen LogP contribution in [0.5, 0.6) is 0 Å². The Morgan fingerprint density at radius 2 is 2.50 bits per heavy atom. The molecular formula is C7H8ClNS. The SMILES string of the molecule is ClCc1ncsc1C1CC1. The van der Waals surface area contributed by atoms with E-state index in [0.29, 0.717) is 5.88 Å². The highest BCUT2D eigenvalue weighted by Crippen LogP contribution is 2.43. The largest absolute Gasteiger partial charge is 0.248 e. The first-order chi connectivity index (χ1) is 4.92. The van der Waals surface area contributed by atoms with Crippen molar-refractivity contribution >= 4 is 22.9 Å². The Balaban J connectivity index is 2.28. The maximum atomic E-state index is 5.69. The van der Waals surface area contributed by atoms with Gasteiger partial charge in [-0.25, -0.2) is 4.98 Å². The maximum Gasteiger partial charge on any atom is 0.0798 e. The van der Waals surface area contributed by atoms with Crippen molar-refractivity contribution in [1.29, 1.82) is 0 Å². The first kappa shape index (κ1) is 6.62. The summed E-state index contributed by atoms with van der Waals surface area (Å²) in [4.78, 5) is 5.61. The van der Waals surface area contributed by atoms with E-state index in [1.807, 2.05) is 5.51 Å². The molecule has 1 saturated carbocycles. The van der Waals surface area contributed by atoms with Crippen molar-refractivity contribution in [3.05, 3.63) is 16.1 Å². The fourth-order valence-electron chi connectivity index (χ4n) is 1.06. The van der Waals surface area contributed by atoms with Crippen LogP contribution in [-0.4, -0.2) is 4.98 Å². The molecule has 1 heterocycles. The Morgan fingerprint density at radius 3 is 3.10 bits per heavy atom. The van der Waals surface area contributed by atoms with Crippen molar-refractivity contribution in [3.63, 3.8) is 0 Å². The van der Waals surface area contributed by atoms with Gasteiger partial charge in [0.15, 0.2) is 0 Å². The molecule has 0 aromatic carbocycles. The summed E-state index contributed by atoms with van der Waals surface area (Å²) in [6.07, 6.45) is 2.68. The minimum atomic E-state index is 0.579. The molecule has 0 bridgehead atoms. The van der Waals surface area contributed by atoms with Crippen molar-refractivity contribution in [2.45, 2.75) is 24.6 Å². The Morgan fingerprint density at radius 1 is 1.70 bits per heavy atom. The minimum absolute atomic E-state index is 0.579. The number of hydrogen-bond acceptors (Lipinski definition) is 2. The third kappa shape index (κ3) is 1.06. The van der Waals surface area contributed by atoms with Gasteiger partial charge >= 0.3 is 0 Å². The predicted octanol–water partition coefficient (Wildman–Crippen LogP) is 2.76. The van der Waals surface area contributed by atoms with Crippen LogP contribution in [-0.2, 0) is 5.88 Å². The predicted molar refractivity (Wildman–Crippen MR) is 43.6 cm³/mol. The molecule has 1 fully saturated rings. The minimum Gasteiger partial charge on any atom is -0.248 e. The summed E-state index contributed by atoms with van der Waals surface area (Å²) in [6, 6.07) is 0. The number of hydrogen-bond donors (Lipinski definition) is 0. The number of halogens is 1. The van der Waals surface area contributed by atoms with E-state index in [1.165, 1.54) is 17.7 Å². The Bertz CT molecular complexity index is 229. The standard InChI is InChI=1S/C7H8ClNS/c8-3-6-7(5-1-2-5)10-4-9-6/h4-5H,1-3H2. The zero-order valence-electron chi connectivity index (χ0n) is 5.51. The molecule has 0 aliphatic heterocycles. The second-order valence-electron chi connectivity index (χ2n) is 2.57. The maximum absolute atomic E-state index is 5.69. The van der Waals surface area contributed by atoms with Gasteiger partial charge in [-0.15, -0.1) is 22.9 Å². The van der Waals surface area contributed by atoms with Crippen LogP contribution in [0.15, 0.2) is 5.51 Å². The number of thiazole rings is 1. The van der Waals surface area contributed by atoms with Crippen molar-refractivity contribution in [3.8, 4) is 0 Å². The van der Waals surface area contributed by atoms with E-state index >= 15 is 0 Å². The average Bonchev–Trinajstić information content (AvgIpc) is 2.69. The summed E-state index contributed by atoms with van der Waals surface area (Å²) in [5.41, 5.74) is 3.00. The van der Waals surface area contributed by atoms with Gasteiger partial charge in [0, 0.05) is 4.88 Å². The first-order valence-corrected chi connectivity index (χ1v) is 4.81. The zero-order valence-corrected chi connectivity index (χ0v) is 7.08. The van der Waals surface area contributed by atoms with Crippen molar-refractivity contribution in [1.82, 2.24) is 4.98 Å². The molecule has 54 valence electrons. The second-order valence-corrected chi connectivity index (χ2v) is 3.72. The van der Waals surface area contributed by atoms with Crippen LogP contribution in [0.25, 0.3) is 0 Å². The summed E-state index contributed by atoms with van der Waals surface area (Å²) in [5.74, 6) is 1.39. The zero-order chi connectivity index (χ0) is 6.97. The molecule has 1 aliphatic rings. The van der Waals surface area contributed by atoms with Crippen molar-refractivity contribution < 1.29 is 0 Å². The molecule has 2 rings (SSSR count). The lowest BCUT2D eigenvalue weighted by atomic mass is 10.3. The normalized spacial score (nSPS) is 17.7. The molecule has 0 unspecified atom stereocenters. The van der Waals surface area contributed by atoms with E-state index in [9.17, 15) is 0 Å². The van der Waals surface area contributed by atoms with E-state index < -0.39 is 0 Å². The van der Waals surface area contributed by atoms with Gasteiger partial charge in [0.2, 0.25) is 0 Å². The summed E-state index contributed by atoms with van der Waals surface area (Å²) >= 11 is 7.44. The lowest BCUT2D eigenvalue weighted by Gasteiger charge is -1.92. The number of alkyl halides is 1. The van der Waals surface area contributed by atoms with Gasteiger partial charge < -0.3 is 0 Å². The van der Waals surface area contributed by atoms with Gasteiger partial charge in [-0.3, -0.25) is 0 Å². The molecule has 1 aromatic rings. The van der Waals surface area contributed by atoms with Crippen LogP contribution >= 0.6 is 22.9 Å². The highest BCUT2D eigenvalue weighted by Gasteiger charge is 2.27. The van der Waals surface area contributed by atoms with Crippen LogP contribution in [0.1, 0.15) is 29.3 Å². The molecule has 1 nitrogen and oxygen atoms in total. The molecule has 0 N–H and O–H groups in total. The van der Waals surface area contributed by atoms with E-state index in [4.69, 9.17) is 11.6 Å². The molecule has 0 spiro atoms. The van der Waals surface area contributed by atoms with Gasteiger partial charge in [-0.2, -0.15) is 0 Å². The number of rotatable bonds is 2. The molecule has 1 aromatic heterocycles. The van der Waals surface area contributed by atoms with Gasteiger partial charge in [-0.1, -0.05) is 0 Å². The molecule has 10 heavy (non-hydrogen) atoms. The van der Waals surface area contributed by atoms with Gasteiger partial charge in [0.05, 0.1) is 17.1 Å². The molecule has 0 atom stereocenters. The average molecular weight is 174 g/mol. The monoisotopic (exact) mass is 173 g/mol. The van der Waals surface area contributed by atoms with E-state index in [2.05, 4.69) is 4.98 Å². The molecule has 3 heteroatoms. The lowest BCUT2D eigenvalue weighted by molar-refractivity contribution is 1.09. The molecular weight excluding hydrogens is 166 g/mol. The van der Waals surface area contributed by atoms with Crippen molar-refractivity contribution in [2.75, 3.05) is 0 Å². The third-order valence-electron chi connectivity index (χ3n) is 1.75. The van der Waals surface area contributed by atoms with Crippen molar-refractivity contribution in [2.24, 2.45) is 0 Å². The lowest BCUT2D eigenvalue weighted by Crippen LogP contribution is -1.82. The van der Waals surface area contributed by atoms with E-state index in [1.54, 1.807) is 11.3 Å².